The zero-order chi connectivity index (χ0) is 19.8. The van der Waals surface area contributed by atoms with Crippen molar-refractivity contribution in [3.8, 4) is 0 Å². The molecule has 2 N–H and O–H groups in total. The molecule has 154 valence electrons. The summed E-state index contributed by atoms with van der Waals surface area (Å²) in [5.74, 6) is -1.34. The van der Waals surface area contributed by atoms with Crippen LogP contribution < -0.4 is 5.32 Å². The summed E-state index contributed by atoms with van der Waals surface area (Å²) in [6, 6.07) is 0. The van der Waals surface area contributed by atoms with E-state index in [0.717, 1.165) is 19.3 Å². The number of halogens is 2. The van der Waals surface area contributed by atoms with Crippen LogP contribution in [0.5, 0.6) is 0 Å². The average molecular weight is 379 g/mol. The Hall–Kier alpha value is -1.24. The maximum atomic E-state index is 13.7. The second kappa shape index (κ2) is 16.0. The smallest absolute Gasteiger partial charge is 0.322 e. The molecule has 7 heteroatoms. The van der Waals surface area contributed by atoms with Gasteiger partial charge in [0.15, 0.2) is 0 Å². The lowest BCUT2D eigenvalue weighted by molar-refractivity contribution is -0.137. The van der Waals surface area contributed by atoms with Crippen LogP contribution in [0.4, 0.5) is 8.78 Å². The number of hydrogen-bond donors (Lipinski definition) is 2. The van der Waals surface area contributed by atoms with Crippen molar-refractivity contribution in [1.29, 1.82) is 0 Å². The van der Waals surface area contributed by atoms with Crippen molar-refractivity contribution in [2.24, 2.45) is 0 Å². The van der Waals surface area contributed by atoms with Crippen LogP contribution in [0, 0.1) is 0 Å². The molecule has 0 aromatic carbocycles. The van der Waals surface area contributed by atoms with Crippen LogP contribution >= 0.6 is 0 Å². The summed E-state index contributed by atoms with van der Waals surface area (Å²) >= 11 is 0. The van der Waals surface area contributed by atoms with Gasteiger partial charge in [-0.05, 0) is 45.1 Å². The number of rotatable bonds is 17. The molecule has 0 aromatic rings. The normalized spacial score (nSPS) is 13.6. The Balaban J connectivity index is 4.15. The van der Waals surface area contributed by atoms with E-state index in [1.165, 1.54) is 0 Å². The number of hydrogen-bond acceptors (Lipinski definition) is 3. The summed E-state index contributed by atoms with van der Waals surface area (Å²) in [7, 11) is 0. The molecule has 0 aliphatic carbocycles. The SMILES string of the molecule is CCCC(F)CCN(CCCCC(=O)NCC(=O)O)CCC(F)CCC. The fourth-order valence-corrected chi connectivity index (χ4v) is 2.78. The van der Waals surface area contributed by atoms with Gasteiger partial charge in [0.1, 0.15) is 18.9 Å². The van der Waals surface area contributed by atoms with Gasteiger partial charge < -0.3 is 15.3 Å². The molecule has 1 amide bonds. The number of carboxylic acids is 1. The summed E-state index contributed by atoms with van der Waals surface area (Å²) < 4.78 is 27.5. The van der Waals surface area contributed by atoms with Gasteiger partial charge in [-0.15, -0.1) is 0 Å². The maximum Gasteiger partial charge on any atom is 0.322 e. The molecule has 0 heterocycles. The van der Waals surface area contributed by atoms with E-state index in [-0.39, 0.29) is 18.9 Å². The van der Waals surface area contributed by atoms with E-state index in [1.54, 1.807) is 0 Å². The van der Waals surface area contributed by atoms with Gasteiger partial charge in [-0.1, -0.05) is 26.7 Å². The molecule has 0 aliphatic heterocycles. The molecular weight excluding hydrogens is 342 g/mol. The molecule has 26 heavy (non-hydrogen) atoms. The minimum Gasteiger partial charge on any atom is -0.480 e. The summed E-state index contributed by atoms with van der Waals surface area (Å²) in [4.78, 5) is 23.9. The third kappa shape index (κ3) is 15.0. The second-order valence-electron chi connectivity index (χ2n) is 6.82. The van der Waals surface area contributed by atoms with Crippen LogP contribution in [0.2, 0.25) is 0 Å². The van der Waals surface area contributed by atoms with Crippen molar-refractivity contribution in [2.75, 3.05) is 26.2 Å². The molecule has 0 bridgehead atoms. The summed E-state index contributed by atoms with van der Waals surface area (Å²) in [5, 5.41) is 10.8. The average Bonchev–Trinajstić information content (AvgIpc) is 2.58. The van der Waals surface area contributed by atoms with Crippen LogP contribution in [0.1, 0.15) is 71.6 Å². The fourth-order valence-electron chi connectivity index (χ4n) is 2.78. The third-order valence-electron chi connectivity index (χ3n) is 4.29. The minimum absolute atomic E-state index is 0.268. The molecule has 0 radical (unpaired) electrons. The lowest BCUT2D eigenvalue weighted by Crippen LogP contribution is -2.31. The minimum atomic E-state index is -1.06. The zero-order valence-corrected chi connectivity index (χ0v) is 16.3. The fraction of sp³-hybridized carbons (Fsp3) is 0.895. The molecule has 5 nitrogen and oxygen atoms in total. The Morgan fingerprint density at radius 1 is 0.923 bits per heavy atom. The predicted octanol–water partition coefficient (Wildman–Crippen LogP) is 3.72. The number of carboxylic acid groups (broad SMARTS) is 1. The van der Waals surface area contributed by atoms with Crippen molar-refractivity contribution in [2.45, 2.75) is 84.0 Å². The highest BCUT2D eigenvalue weighted by atomic mass is 19.1. The van der Waals surface area contributed by atoms with Crippen LogP contribution in [-0.4, -0.2) is 60.4 Å². The van der Waals surface area contributed by atoms with Crippen molar-refractivity contribution >= 4 is 11.9 Å². The van der Waals surface area contributed by atoms with Crippen LogP contribution in [0.15, 0.2) is 0 Å². The summed E-state index contributed by atoms with van der Waals surface area (Å²) in [6.45, 7) is 5.45. The van der Waals surface area contributed by atoms with E-state index in [4.69, 9.17) is 5.11 Å². The maximum absolute atomic E-state index is 13.7. The van der Waals surface area contributed by atoms with Gasteiger partial charge in [0, 0.05) is 19.5 Å². The largest absolute Gasteiger partial charge is 0.480 e. The van der Waals surface area contributed by atoms with E-state index in [2.05, 4.69) is 10.2 Å². The first-order chi connectivity index (χ1) is 12.4. The standard InChI is InChI=1S/C19H36F2N2O3/c1-3-7-16(20)10-13-23(14-11-17(21)8-4-2)12-6-5-9-18(24)22-15-19(25)26/h16-17H,3-15H2,1-2H3,(H,22,24)(H,25,26). The Morgan fingerprint density at radius 2 is 1.46 bits per heavy atom. The number of unbranched alkanes of at least 4 members (excludes halogenated alkanes) is 1. The van der Waals surface area contributed by atoms with Crippen molar-refractivity contribution in [3.63, 3.8) is 0 Å². The van der Waals surface area contributed by atoms with Crippen LogP contribution in [-0.2, 0) is 9.59 Å². The van der Waals surface area contributed by atoms with Crippen LogP contribution in [0.25, 0.3) is 0 Å². The van der Waals surface area contributed by atoms with Gasteiger partial charge >= 0.3 is 5.97 Å². The van der Waals surface area contributed by atoms with Crippen molar-refractivity contribution < 1.29 is 23.5 Å². The quantitative estimate of drug-likeness (QED) is 0.379. The van der Waals surface area contributed by atoms with Gasteiger partial charge in [-0.3, -0.25) is 9.59 Å². The molecular formula is C19H36F2N2O3. The van der Waals surface area contributed by atoms with Gasteiger partial charge in [-0.25, -0.2) is 8.78 Å². The van der Waals surface area contributed by atoms with Crippen molar-refractivity contribution in [3.05, 3.63) is 0 Å². The number of amides is 1. The highest BCUT2D eigenvalue weighted by molar-refractivity contribution is 5.80. The van der Waals surface area contributed by atoms with Gasteiger partial charge in [0.2, 0.25) is 5.91 Å². The Kier molecular flexibility index (Phi) is 15.2. The Labute approximate surface area is 156 Å². The molecule has 0 aliphatic rings. The van der Waals surface area contributed by atoms with Gasteiger partial charge in [0.05, 0.1) is 0 Å². The number of carbonyl (C=O) groups is 2. The highest BCUT2D eigenvalue weighted by Crippen LogP contribution is 2.12. The lowest BCUT2D eigenvalue weighted by atomic mass is 10.1. The molecule has 2 unspecified atom stereocenters. The second-order valence-corrected chi connectivity index (χ2v) is 6.82. The number of nitrogens with zero attached hydrogens (tertiary/aromatic N) is 1. The number of carbonyl (C=O) groups excluding carboxylic acids is 1. The molecule has 0 spiro atoms. The molecule has 0 aromatic heterocycles. The van der Waals surface area contributed by atoms with Crippen molar-refractivity contribution in [1.82, 2.24) is 10.2 Å². The number of nitrogens with one attached hydrogen (secondary N) is 1. The van der Waals surface area contributed by atoms with Crippen LogP contribution in [0.3, 0.4) is 0 Å². The number of alkyl halides is 2. The van der Waals surface area contributed by atoms with E-state index >= 15 is 0 Å². The molecule has 0 saturated heterocycles. The molecule has 0 saturated carbocycles. The van der Waals surface area contributed by atoms with E-state index in [9.17, 15) is 18.4 Å². The number of aliphatic carboxylic acids is 1. The van der Waals surface area contributed by atoms with E-state index < -0.39 is 18.3 Å². The first-order valence-electron chi connectivity index (χ1n) is 9.87. The van der Waals surface area contributed by atoms with E-state index in [0.29, 0.717) is 51.7 Å². The lowest BCUT2D eigenvalue weighted by Gasteiger charge is -2.24. The van der Waals surface area contributed by atoms with Gasteiger partial charge in [-0.2, -0.15) is 0 Å². The highest BCUT2D eigenvalue weighted by Gasteiger charge is 2.13. The van der Waals surface area contributed by atoms with Gasteiger partial charge in [0.25, 0.3) is 0 Å². The zero-order valence-electron chi connectivity index (χ0n) is 16.3. The molecule has 0 rings (SSSR count). The predicted molar refractivity (Wildman–Crippen MR) is 99.8 cm³/mol. The summed E-state index contributed by atoms with van der Waals surface area (Å²) in [6.07, 6.45) is 3.66. The third-order valence-corrected chi connectivity index (χ3v) is 4.29. The first kappa shape index (κ1) is 24.8. The Bertz CT molecular complexity index is 368. The van der Waals surface area contributed by atoms with E-state index in [1.807, 2.05) is 13.8 Å². The molecule has 0 fully saturated rings. The Morgan fingerprint density at radius 3 is 1.92 bits per heavy atom. The topological polar surface area (TPSA) is 69.6 Å². The first-order valence-corrected chi connectivity index (χ1v) is 9.87. The summed E-state index contributed by atoms with van der Waals surface area (Å²) in [5.41, 5.74) is 0. The molecule has 2 atom stereocenters. The monoisotopic (exact) mass is 378 g/mol.